The van der Waals surface area contributed by atoms with Crippen molar-refractivity contribution in [1.29, 1.82) is 0 Å². The zero-order valence-electron chi connectivity index (χ0n) is 14.7. The van der Waals surface area contributed by atoms with E-state index in [1.165, 1.54) is 26.9 Å². The minimum atomic E-state index is -0.235. The van der Waals surface area contributed by atoms with Gasteiger partial charge < -0.3 is 19.5 Å². The summed E-state index contributed by atoms with van der Waals surface area (Å²) >= 11 is 0. The monoisotopic (exact) mass is 329 g/mol. The van der Waals surface area contributed by atoms with Gasteiger partial charge in [0.1, 0.15) is 5.75 Å². The predicted octanol–water partition coefficient (Wildman–Crippen LogP) is 3.51. The Morgan fingerprint density at radius 2 is 1.46 bits per heavy atom. The Balaban J connectivity index is 2.26. The van der Waals surface area contributed by atoms with E-state index in [1.807, 2.05) is 38.1 Å². The van der Waals surface area contributed by atoms with E-state index < -0.39 is 0 Å². The summed E-state index contributed by atoms with van der Waals surface area (Å²) in [7, 11) is 4.58. The highest BCUT2D eigenvalue weighted by molar-refractivity contribution is 5.98. The average molecular weight is 329 g/mol. The Labute approximate surface area is 142 Å². The predicted molar refractivity (Wildman–Crippen MR) is 93.2 cm³/mol. The van der Waals surface area contributed by atoms with Crippen molar-refractivity contribution in [1.82, 2.24) is 5.32 Å². The molecule has 1 unspecified atom stereocenters. The number of rotatable bonds is 6. The quantitative estimate of drug-likeness (QED) is 0.881. The summed E-state index contributed by atoms with van der Waals surface area (Å²) in [6.45, 7) is 3.97. The lowest BCUT2D eigenvalue weighted by molar-refractivity contribution is 0.0936. The highest BCUT2D eigenvalue weighted by Gasteiger charge is 2.19. The molecule has 0 fully saturated rings. The van der Waals surface area contributed by atoms with Crippen LogP contribution in [0.3, 0.4) is 0 Å². The van der Waals surface area contributed by atoms with Crippen molar-refractivity contribution in [3.05, 3.63) is 53.1 Å². The first kappa shape index (κ1) is 17.7. The van der Waals surface area contributed by atoms with Crippen LogP contribution in [0.4, 0.5) is 0 Å². The van der Waals surface area contributed by atoms with Crippen LogP contribution in [0.5, 0.6) is 17.2 Å². The molecule has 0 heterocycles. The van der Waals surface area contributed by atoms with Crippen molar-refractivity contribution < 1.29 is 19.0 Å². The van der Waals surface area contributed by atoms with E-state index in [0.29, 0.717) is 22.8 Å². The van der Waals surface area contributed by atoms with E-state index in [4.69, 9.17) is 14.2 Å². The SMILES string of the molecule is COc1cc(OC)c(C(=O)NC(C)c2ccc(C)cc2)cc1OC. The number of benzene rings is 2. The topological polar surface area (TPSA) is 56.8 Å². The Morgan fingerprint density at radius 3 is 2.00 bits per heavy atom. The maximum absolute atomic E-state index is 12.7. The van der Waals surface area contributed by atoms with Crippen molar-refractivity contribution >= 4 is 5.91 Å². The molecule has 0 aliphatic carbocycles. The molecule has 128 valence electrons. The smallest absolute Gasteiger partial charge is 0.255 e. The lowest BCUT2D eigenvalue weighted by Gasteiger charge is -2.17. The molecule has 0 aliphatic heterocycles. The van der Waals surface area contributed by atoms with Gasteiger partial charge in [0, 0.05) is 12.1 Å². The molecule has 1 atom stereocenters. The Bertz CT molecular complexity index is 710. The first-order chi connectivity index (χ1) is 11.5. The van der Waals surface area contributed by atoms with Gasteiger partial charge in [-0.1, -0.05) is 29.8 Å². The highest BCUT2D eigenvalue weighted by Crippen LogP contribution is 2.34. The normalized spacial score (nSPS) is 11.5. The molecular formula is C19H23NO4. The van der Waals surface area contributed by atoms with E-state index in [0.717, 1.165) is 5.56 Å². The van der Waals surface area contributed by atoms with Crippen molar-refractivity contribution in [2.75, 3.05) is 21.3 Å². The van der Waals surface area contributed by atoms with E-state index in [2.05, 4.69) is 5.32 Å². The number of hydrogen-bond donors (Lipinski definition) is 1. The van der Waals surface area contributed by atoms with Gasteiger partial charge in [0.15, 0.2) is 11.5 Å². The van der Waals surface area contributed by atoms with E-state index in [1.54, 1.807) is 12.1 Å². The van der Waals surface area contributed by atoms with Gasteiger partial charge in [-0.25, -0.2) is 0 Å². The lowest BCUT2D eigenvalue weighted by Crippen LogP contribution is -2.27. The molecule has 5 nitrogen and oxygen atoms in total. The maximum Gasteiger partial charge on any atom is 0.255 e. The largest absolute Gasteiger partial charge is 0.496 e. The molecule has 24 heavy (non-hydrogen) atoms. The first-order valence-electron chi connectivity index (χ1n) is 7.67. The van der Waals surface area contributed by atoms with Crippen LogP contribution >= 0.6 is 0 Å². The van der Waals surface area contributed by atoms with Gasteiger partial charge in [-0.2, -0.15) is 0 Å². The number of carbonyl (C=O) groups excluding carboxylic acids is 1. The summed E-state index contributed by atoms with van der Waals surface area (Å²) < 4.78 is 15.8. The van der Waals surface area contributed by atoms with Crippen LogP contribution in [0.25, 0.3) is 0 Å². The number of amides is 1. The van der Waals surface area contributed by atoms with E-state index in [9.17, 15) is 4.79 Å². The van der Waals surface area contributed by atoms with Gasteiger partial charge >= 0.3 is 0 Å². The molecule has 1 amide bonds. The zero-order chi connectivity index (χ0) is 17.7. The number of methoxy groups -OCH3 is 3. The minimum absolute atomic E-state index is 0.129. The number of aryl methyl sites for hydroxylation is 1. The van der Waals surface area contributed by atoms with Gasteiger partial charge in [0.25, 0.3) is 5.91 Å². The lowest BCUT2D eigenvalue weighted by atomic mass is 10.1. The Kier molecular flexibility index (Phi) is 5.68. The van der Waals surface area contributed by atoms with Crippen LogP contribution in [0.1, 0.15) is 34.5 Å². The second-order valence-electron chi connectivity index (χ2n) is 5.51. The molecule has 0 radical (unpaired) electrons. The third-order valence-electron chi connectivity index (χ3n) is 3.88. The van der Waals surface area contributed by atoms with Crippen molar-refractivity contribution in [3.63, 3.8) is 0 Å². The van der Waals surface area contributed by atoms with Crippen molar-refractivity contribution in [3.8, 4) is 17.2 Å². The molecule has 5 heteroatoms. The highest BCUT2D eigenvalue weighted by atomic mass is 16.5. The number of hydrogen-bond acceptors (Lipinski definition) is 4. The first-order valence-corrected chi connectivity index (χ1v) is 7.67. The molecular weight excluding hydrogens is 306 g/mol. The fraction of sp³-hybridized carbons (Fsp3) is 0.316. The standard InChI is InChI=1S/C19H23NO4/c1-12-6-8-14(9-7-12)13(2)20-19(21)15-10-17(23-4)18(24-5)11-16(15)22-3/h6-11,13H,1-5H3,(H,20,21). The molecule has 2 rings (SSSR count). The third-order valence-corrected chi connectivity index (χ3v) is 3.88. The summed E-state index contributed by atoms with van der Waals surface area (Å²) in [5, 5.41) is 2.98. The van der Waals surface area contributed by atoms with Gasteiger partial charge in [0.05, 0.1) is 32.9 Å². The Morgan fingerprint density at radius 1 is 0.917 bits per heavy atom. The Hall–Kier alpha value is -2.69. The molecule has 0 spiro atoms. The maximum atomic E-state index is 12.7. The molecule has 0 saturated heterocycles. The number of nitrogens with one attached hydrogen (secondary N) is 1. The summed E-state index contributed by atoms with van der Waals surface area (Å²) in [5.74, 6) is 1.19. The molecule has 0 aliphatic rings. The molecule has 2 aromatic rings. The van der Waals surface area contributed by atoms with Crippen LogP contribution in [0, 0.1) is 6.92 Å². The van der Waals surface area contributed by atoms with Crippen LogP contribution < -0.4 is 19.5 Å². The van der Waals surface area contributed by atoms with E-state index in [-0.39, 0.29) is 11.9 Å². The molecule has 1 N–H and O–H groups in total. The molecule has 0 saturated carbocycles. The summed E-state index contributed by atoms with van der Waals surface area (Å²) in [4.78, 5) is 12.7. The van der Waals surface area contributed by atoms with Crippen LogP contribution in [-0.4, -0.2) is 27.2 Å². The zero-order valence-corrected chi connectivity index (χ0v) is 14.7. The average Bonchev–Trinajstić information content (AvgIpc) is 2.60. The van der Waals surface area contributed by atoms with Crippen LogP contribution in [0.2, 0.25) is 0 Å². The second-order valence-corrected chi connectivity index (χ2v) is 5.51. The molecule has 0 aromatic heterocycles. The van der Waals surface area contributed by atoms with Gasteiger partial charge in [-0.15, -0.1) is 0 Å². The number of ether oxygens (including phenoxy) is 3. The fourth-order valence-electron chi connectivity index (χ4n) is 2.42. The van der Waals surface area contributed by atoms with Crippen molar-refractivity contribution in [2.45, 2.75) is 19.9 Å². The van der Waals surface area contributed by atoms with Crippen molar-refractivity contribution in [2.24, 2.45) is 0 Å². The number of carbonyl (C=O) groups is 1. The summed E-state index contributed by atoms with van der Waals surface area (Å²) in [6, 6.07) is 11.2. The van der Waals surface area contributed by atoms with Gasteiger partial charge in [-0.3, -0.25) is 4.79 Å². The molecule has 0 bridgehead atoms. The van der Waals surface area contributed by atoms with Gasteiger partial charge in [0.2, 0.25) is 0 Å². The fourth-order valence-corrected chi connectivity index (χ4v) is 2.42. The summed E-state index contributed by atoms with van der Waals surface area (Å²) in [6.07, 6.45) is 0. The van der Waals surface area contributed by atoms with E-state index >= 15 is 0 Å². The van der Waals surface area contributed by atoms with Gasteiger partial charge in [-0.05, 0) is 19.4 Å². The van der Waals surface area contributed by atoms with Crippen LogP contribution in [-0.2, 0) is 0 Å². The minimum Gasteiger partial charge on any atom is -0.496 e. The summed E-state index contributed by atoms with van der Waals surface area (Å²) in [5.41, 5.74) is 2.61. The second kappa shape index (κ2) is 7.73. The van der Waals surface area contributed by atoms with Crippen LogP contribution in [0.15, 0.2) is 36.4 Å². The third kappa shape index (κ3) is 3.79. The molecule has 2 aromatic carbocycles.